The molecule has 6 nitrogen and oxygen atoms in total. The van der Waals surface area contributed by atoms with E-state index in [1.54, 1.807) is 18.9 Å². The van der Waals surface area contributed by atoms with Gasteiger partial charge in [-0.1, -0.05) is 31.0 Å². The van der Waals surface area contributed by atoms with Crippen molar-refractivity contribution >= 4 is 29.5 Å². The number of nitrogens with zero attached hydrogens (tertiary/aromatic N) is 2. The van der Waals surface area contributed by atoms with Gasteiger partial charge in [-0.25, -0.2) is 0 Å². The zero-order chi connectivity index (χ0) is 24.6. The first-order chi connectivity index (χ1) is 16.9. The van der Waals surface area contributed by atoms with Crippen LogP contribution in [-0.2, 0) is 32.8 Å². The van der Waals surface area contributed by atoms with Gasteiger partial charge in [-0.3, -0.25) is 19.3 Å². The van der Waals surface area contributed by atoms with Gasteiger partial charge in [-0.2, -0.15) is 0 Å². The smallest absolute Gasteiger partial charge is 0.241 e. The minimum absolute atomic E-state index is 0.00775. The summed E-state index contributed by atoms with van der Waals surface area (Å²) in [4.78, 5) is 45.5. The molecule has 2 heterocycles. The molecule has 1 saturated heterocycles. The summed E-state index contributed by atoms with van der Waals surface area (Å²) in [7, 11) is 1.58. The number of hydrogen-bond acceptors (Lipinski definition) is 5. The van der Waals surface area contributed by atoms with Crippen molar-refractivity contribution in [2.24, 2.45) is 0 Å². The second kappa shape index (κ2) is 9.69. The largest absolute Gasteiger partial charge is 0.497 e. The average molecular weight is 493 g/mol. The number of hydrogen-bond donors (Lipinski definition) is 0. The Morgan fingerprint density at radius 3 is 2.66 bits per heavy atom. The second-order valence-electron chi connectivity index (χ2n) is 9.87. The Labute approximate surface area is 211 Å². The zero-order valence-corrected chi connectivity index (χ0v) is 21.2. The van der Waals surface area contributed by atoms with Crippen LogP contribution in [0.4, 0.5) is 0 Å². The third-order valence-corrected chi connectivity index (χ3v) is 8.62. The van der Waals surface area contributed by atoms with Gasteiger partial charge in [-0.05, 0) is 66.5 Å². The molecule has 1 saturated carbocycles. The van der Waals surface area contributed by atoms with Crippen LogP contribution in [0.3, 0.4) is 0 Å². The van der Waals surface area contributed by atoms with Crippen LogP contribution in [-0.4, -0.2) is 53.5 Å². The fraction of sp³-hybridized carbons (Fsp3) is 0.464. The normalized spacial score (nSPS) is 22.6. The lowest BCUT2D eigenvalue weighted by atomic mass is 9.75. The Morgan fingerprint density at radius 1 is 1.11 bits per heavy atom. The van der Waals surface area contributed by atoms with Gasteiger partial charge in [0.15, 0.2) is 0 Å². The zero-order valence-electron chi connectivity index (χ0n) is 20.4. The molecule has 2 aromatic rings. The molecule has 1 atom stereocenters. The Morgan fingerprint density at radius 2 is 1.91 bits per heavy atom. The number of methoxy groups -OCH3 is 1. The van der Waals surface area contributed by atoms with Crippen molar-refractivity contribution in [3.05, 3.63) is 59.2 Å². The summed E-state index contributed by atoms with van der Waals surface area (Å²) in [6, 6.07) is 13.7. The third-order valence-electron chi connectivity index (χ3n) is 7.89. The van der Waals surface area contributed by atoms with E-state index >= 15 is 0 Å². The lowest BCUT2D eigenvalue weighted by Gasteiger charge is -2.34. The maximum absolute atomic E-state index is 14.0. The van der Waals surface area contributed by atoms with E-state index in [9.17, 15) is 14.4 Å². The Hall–Kier alpha value is -2.80. The summed E-state index contributed by atoms with van der Waals surface area (Å²) in [5.74, 6) is 0.149. The molecule has 0 bridgehead atoms. The van der Waals surface area contributed by atoms with E-state index in [1.165, 1.54) is 15.4 Å². The standard InChI is InChI=1S/C28H32N2O4S/c1-34-23-9-5-6-21(15-23)28(17-26(32)30(27(28)33)22-7-3-4-8-22)16-25(31)29-13-12-19-14-24(35-2)11-10-20(19)18-29/h5-6,9-11,14-15,22H,3-4,7-8,12-13,16-18H2,1-2H3. The van der Waals surface area contributed by atoms with Crippen LogP contribution in [0.25, 0.3) is 0 Å². The number of benzene rings is 2. The van der Waals surface area contributed by atoms with E-state index in [-0.39, 0.29) is 36.6 Å². The van der Waals surface area contributed by atoms with Gasteiger partial charge < -0.3 is 9.64 Å². The Bertz CT molecular complexity index is 1160. The highest BCUT2D eigenvalue weighted by Gasteiger charge is 2.56. The molecular weight excluding hydrogens is 460 g/mol. The van der Waals surface area contributed by atoms with Gasteiger partial charge in [0.2, 0.25) is 17.7 Å². The van der Waals surface area contributed by atoms with E-state index in [2.05, 4.69) is 24.5 Å². The molecule has 35 heavy (non-hydrogen) atoms. The highest BCUT2D eigenvalue weighted by molar-refractivity contribution is 7.98. The predicted molar refractivity (Wildman–Crippen MR) is 135 cm³/mol. The molecule has 1 aliphatic carbocycles. The van der Waals surface area contributed by atoms with Gasteiger partial charge in [0.1, 0.15) is 5.75 Å². The maximum atomic E-state index is 14.0. The molecule has 5 rings (SSSR count). The first-order valence-corrected chi connectivity index (χ1v) is 13.6. The number of carbonyl (C=O) groups is 3. The van der Waals surface area contributed by atoms with Crippen LogP contribution in [0.15, 0.2) is 47.4 Å². The first kappa shape index (κ1) is 23.9. The van der Waals surface area contributed by atoms with Crippen molar-refractivity contribution in [2.45, 2.75) is 67.8 Å². The van der Waals surface area contributed by atoms with Crippen LogP contribution < -0.4 is 4.74 Å². The van der Waals surface area contributed by atoms with E-state index in [4.69, 9.17) is 4.74 Å². The van der Waals surface area contributed by atoms with Crippen molar-refractivity contribution in [2.75, 3.05) is 19.9 Å². The summed E-state index contributed by atoms with van der Waals surface area (Å²) in [6.45, 7) is 1.15. The number of thioether (sulfide) groups is 1. The molecular formula is C28H32N2O4S. The van der Waals surface area contributed by atoms with Gasteiger partial charge in [0, 0.05) is 36.9 Å². The van der Waals surface area contributed by atoms with E-state index in [1.807, 2.05) is 29.2 Å². The highest BCUT2D eigenvalue weighted by Crippen LogP contribution is 2.44. The molecule has 3 amide bonds. The third kappa shape index (κ3) is 4.35. The fourth-order valence-electron chi connectivity index (χ4n) is 5.92. The summed E-state index contributed by atoms with van der Waals surface area (Å²) in [5.41, 5.74) is 1.93. The van der Waals surface area contributed by atoms with Crippen molar-refractivity contribution < 1.29 is 19.1 Å². The number of likely N-dealkylation sites (tertiary alicyclic amines) is 1. The SMILES string of the molecule is COc1cccc(C2(CC(=O)N3CCc4cc(SC)ccc4C3)CC(=O)N(C3CCCC3)C2=O)c1. The molecule has 0 radical (unpaired) electrons. The van der Waals surface area contributed by atoms with Gasteiger partial charge >= 0.3 is 0 Å². The molecule has 2 aromatic carbocycles. The number of ether oxygens (including phenoxy) is 1. The topological polar surface area (TPSA) is 66.9 Å². The van der Waals surface area contributed by atoms with Crippen LogP contribution in [0.1, 0.15) is 55.2 Å². The Balaban J connectivity index is 1.45. The fourth-order valence-corrected chi connectivity index (χ4v) is 6.38. The van der Waals surface area contributed by atoms with Gasteiger partial charge in [0.25, 0.3) is 0 Å². The van der Waals surface area contributed by atoms with Crippen LogP contribution in [0.2, 0.25) is 0 Å². The number of amides is 3. The monoisotopic (exact) mass is 492 g/mol. The van der Waals surface area contributed by atoms with Crippen LogP contribution >= 0.6 is 11.8 Å². The van der Waals surface area contributed by atoms with Crippen LogP contribution in [0, 0.1) is 0 Å². The number of imide groups is 1. The molecule has 3 aliphatic rings. The minimum Gasteiger partial charge on any atom is -0.497 e. The maximum Gasteiger partial charge on any atom is 0.241 e. The number of rotatable bonds is 6. The molecule has 2 aliphatic heterocycles. The molecule has 184 valence electrons. The molecule has 0 spiro atoms. The van der Waals surface area contributed by atoms with E-state index in [0.29, 0.717) is 24.4 Å². The van der Waals surface area contributed by atoms with Crippen molar-refractivity contribution in [3.63, 3.8) is 0 Å². The average Bonchev–Trinajstić information content (AvgIpc) is 3.49. The second-order valence-corrected chi connectivity index (χ2v) is 10.8. The van der Waals surface area contributed by atoms with Crippen LogP contribution in [0.5, 0.6) is 5.75 Å². The van der Waals surface area contributed by atoms with E-state index in [0.717, 1.165) is 37.7 Å². The molecule has 0 aromatic heterocycles. The summed E-state index contributed by atoms with van der Waals surface area (Å²) in [6.07, 6.45) is 6.63. The van der Waals surface area contributed by atoms with Gasteiger partial charge in [0.05, 0.1) is 12.5 Å². The lowest BCUT2D eigenvalue weighted by molar-refractivity contribution is -0.145. The van der Waals surface area contributed by atoms with Crippen molar-refractivity contribution in [3.8, 4) is 5.75 Å². The summed E-state index contributed by atoms with van der Waals surface area (Å²) >= 11 is 1.72. The van der Waals surface area contributed by atoms with Crippen molar-refractivity contribution in [1.82, 2.24) is 9.80 Å². The first-order valence-electron chi connectivity index (χ1n) is 12.4. The van der Waals surface area contributed by atoms with E-state index < -0.39 is 5.41 Å². The number of fused-ring (bicyclic) bond motifs is 1. The van der Waals surface area contributed by atoms with Gasteiger partial charge in [-0.15, -0.1) is 11.8 Å². The van der Waals surface area contributed by atoms with Crippen molar-refractivity contribution in [1.29, 1.82) is 0 Å². The summed E-state index contributed by atoms with van der Waals surface area (Å²) in [5, 5.41) is 0. The Kier molecular flexibility index (Phi) is 6.62. The molecule has 0 N–H and O–H groups in total. The molecule has 2 fully saturated rings. The molecule has 7 heteroatoms. The molecule has 1 unspecified atom stereocenters. The highest BCUT2D eigenvalue weighted by atomic mass is 32.2. The quantitative estimate of drug-likeness (QED) is 0.444. The predicted octanol–water partition coefficient (Wildman–Crippen LogP) is 4.33. The summed E-state index contributed by atoms with van der Waals surface area (Å²) < 4.78 is 5.42. The lowest BCUT2D eigenvalue weighted by Crippen LogP contribution is -2.46. The number of carbonyl (C=O) groups excluding carboxylic acids is 3. The minimum atomic E-state index is -1.19.